The number of rotatable bonds is 3. The molecule has 1 aliphatic carbocycles. The predicted molar refractivity (Wildman–Crippen MR) is 68.6 cm³/mol. The molecular weight excluding hydrogens is 250 g/mol. The number of fused-ring (bicyclic) bond motifs is 1. The minimum absolute atomic E-state index is 0.145. The molecule has 98 valence electrons. The van der Waals surface area contributed by atoms with Gasteiger partial charge in [0.2, 0.25) is 0 Å². The molecule has 0 amide bonds. The molecule has 0 bridgehead atoms. The summed E-state index contributed by atoms with van der Waals surface area (Å²) in [5.41, 5.74) is 0.868. The molecule has 1 heterocycles. The summed E-state index contributed by atoms with van der Waals surface area (Å²) >= 11 is 0. The van der Waals surface area contributed by atoms with E-state index in [1.54, 1.807) is 19.2 Å². The zero-order valence-electron chi connectivity index (χ0n) is 10.3. The van der Waals surface area contributed by atoms with Gasteiger partial charge in [-0.15, -0.1) is 0 Å². The Morgan fingerprint density at radius 3 is 2.72 bits per heavy atom. The monoisotopic (exact) mass is 267 g/mol. The number of nitrogens with one attached hydrogen (secondary N) is 1. The molecule has 2 aliphatic rings. The third kappa shape index (κ3) is 2.12. The third-order valence-electron chi connectivity index (χ3n) is 3.62. The molecule has 3 rings (SSSR count). The molecule has 1 aliphatic heterocycles. The van der Waals surface area contributed by atoms with Gasteiger partial charge >= 0.3 is 0 Å². The zero-order valence-corrected chi connectivity index (χ0v) is 11.2. The summed E-state index contributed by atoms with van der Waals surface area (Å²) in [6, 6.07) is 5.95. The average molecular weight is 267 g/mol. The highest BCUT2D eigenvalue weighted by Gasteiger charge is 2.33. The molecule has 0 saturated heterocycles. The summed E-state index contributed by atoms with van der Waals surface area (Å²) in [6.45, 7) is 0. The molecule has 0 spiro atoms. The molecule has 0 aromatic heterocycles. The van der Waals surface area contributed by atoms with E-state index in [2.05, 4.69) is 5.32 Å². The van der Waals surface area contributed by atoms with Crippen molar-refractivity contribution in [1.29, 1.82) is 0 Å². The Morgan fingerprint density at radius 2 is 2.06 bits per heavy atom. The highest BCUT2D eigenvalue weighted by molar-refractivity contribution is 7.91. The Labute approximate surface area is 107 Å². The van der Waals surface area contributed by atoms with Crippen LogP contribution in [-0.4, -0.2) is 27.3 Å². The summed E-state index contributed by atoms with van der Waals surface area (Å²) in [7, 11) is -1.51. The van der Waals surface area contributed by atoms with Crippen LogP contribution in [0, 0.1) is 0 Å². The van der Waals surface area contributed by atoms with E-state index in [0.717, 1.165) is 5.56 Å². The van der Waals surface area contributed by atoms with Crippen molar-refractivity contribution < 1.29 is 13.2 Å². The second-order valence-electron chi connectivity index (χ2n) is 5.00. The summed E-state index contributed by atoms with van der Waals surface area (Å²) < 4.78 is 29.3. The van der Waals surface area contributed by atoms with Crippen molar-refractivity contribution in [3.63, 3.8) is 0 Å². The van der Waals surface area contributed by atoms with Gasteiger partial charge in [0.1, 0.15) is 5.75 Å². The zero-order chi connectivity index (χ0) is 12.8. The van der Waals surface area contributed by atoms with Gasteiger partial charge in [-0.2, -0.15) is 0 Å². The van der Waals surface area contributed by atoms with Crippen molar-refractivity contribution in [2.45, 2.75) is 36.2 Å². The molecule has 1 fully saturated rings. The van der Waals surface area contributed by atoms with Gasteiger partial charge in [-0.25, -0.2) is 8.42 Å². The van der Waals surface area contributed by atoms with Gasteiger partial charge in [0.15, 0.2) is 9.84 Å². The van der Waals surface area contributed by atoms with E-state index in [4.69, 9.17) is 4.74 Å². The first kappa shape index (κ1) is 12.0. The number of hydrogen-bond acceptors (Lipinski definition) is 4. The number of hydrogen-bond donors (Lipinski definition) is 1. The van der Waals surface area contributed by atoms with Crippen LogP contribution >= 0.6 is 0 Å². The van der Waals surface area contributed by atoms with Crippen molar-refractivity contribution in [2.75, 3.05) is 12.9 Å². The lowest BCUT2D eigenvalue weighted by Gasteiger charge is -2.26. The highest BCUT2D eigenvalue weighted by Crippen LogP contribution is 2.36. The molecule has 1 unspecified atom stereocenters. The van der Waals surface area contributed by atoms with Crippen LogP contribution in [0.25, 0.3) is 0 Å². The van der Waals surface area contributed by atoms with Crippen LogP contribution in [-0.2, 0) is 9.84 Å². The van der Waals surface area contributed by atoms with Gasteiger partial charge in [0.25, 0.3) is 0 Å². The van der Waals surface area contributed by atoms with E-state index < -0.39 is 9.84 Å². The minimum atomic E-state index is -3.11. The molecule has 1 aromatic rings. The van der Waals surface area contributed by atoms with E-state index in [1.165, 1.54) is 12.8 Å². The number of benzene rings is 1. The van der Waals surface area contributed by atoms with Crippen LogP contribution in [0.3, 0.4) is 0 Å². The second-order valence-corrected chi connectivity index (χ2v) is 7.08. The predicted octanol–water partition coefficient (Wildman–Crippen LogP) is 1.67. The summed E-state index contributed by atoms with van der Waals surface area (Å²) in [4.78, 5) is 0.465. The number of ether oxygens (including phenoxy) is 1. The molecule has 1 aromatic carbocycles. The fraction of sp³-hybridized carbons (Fsp3) is 0.538. The fourth-order valence-corrected chi connectivity index (χ4v) is 4.06. The lowest BCUT2D eigenvalue weighted by Crippen LogP contribution is -2.31. The van der Waals surface area contributed by atoms with E-state index in [0.29, 0.717) is 23.1 Å². The van der Waals surface area contributed by atoms with Crippen LogP contribution in [0.4, 0.5) is 0 Å². The van der Waals surface area contributed by atoms with E-state index >= 15 is 0 Å². The largest absolute Gasteiger partial charge is 0.497 e. The van der Waals surface area contributed by atoms with Gasteiger partial charge in [-0.05, 0) is 43.0 Å². The lowest BCUT2D eigenvalue weighted by atomic mass is 10.0. The maximum Gasteiger partial charge on any atom is 0.178 e. The molecular formula is C13H17NO3S. The smallest absolute Gasteiger partial charge is 0.178 e. The van der Waals surface area contributed by atoms with Crippen LogP contribution in [0.5, 0.6) is 5.75 Å². The molecule has 4 nitrogen and oxygen atoms in total. The first-order valence-electron chi connectivity index (χ1n) is 6.27. The lowest BCUT2D eigenvalue weighted by molar-refractivity contribution is 0.410. The Hall–Kier alpha value is -1.07. The Bertz CT molecular complexity index is 564. The third-order valence-corrected chi connectivity index (χ3v) is 5.43. The minimum Gasteiger partial charge on any atom is -0.497 e. The molecule has 1 atom stereocenters. The Kier molecular flexibility index (Phi) is 2.83. The molecule has 18 heavy (non-hydrogen) atoms. The Morgan fingerprint density at radius 1 is 1.28 bits per heavy atom. The molecule has 1 N–H and O–H groups in total. The highest BCUT2D eigenvalue weighted by atomic mass is 32.2. The maximum absolute atomic E-state index is 12.1. The van der Waals surface area contributed by atoms with Crippen molar-refractivity contribution in [2.24, 2.45) is 0 Å². The van der Waals surface area contributed by atoms with Crippen molar-refractivity contribution in [1.82, 2.24) is 5.32 Å². The van der Waals surface area contributed by atoms with Crippen molar-refractivity contribution in [3.05, 3.63) is 23.8 Å². The van der Waals surface area contributed by atoms with Gasteiger partial charge in [-0.3, -0.25) is 0 Å². The van der Waals surface area contributed by atoms with E-state index in [-0.39, 0.29) is 11.8 Å². The maximum atomic E-state index is 12.1. The molecule has 1 saturated carbocycles. The topological polar surface area (TPSA) is 55.4 Å². The van der Waals surface area contributed by atoms with Crippen molar-refractivity contribution >= 4 is 9.84 Å². The van der Waals surface area contributed by atoms with Gasteiger partial charge in [0, 0.05) is 12.1 Å². The van der Waals surface area contributed by atoms with Gasteiger partial charge in [-0.1, -0.05) is 0 Å². The number of methoxy groups -OCH3 is 1. The van der Waals surface area contributed by atoms with Gasteiger partial charge in [0.05, 0.1) is 17.8 Å². The summed E-state index contributed by atoms with van der Waals surface area (Å²) in [5, 5.41) is 3.52. The van der Waals surface area contributed by atoms with Crippen LogP contribution < -0.4 is 10.1 Å². The molecule has 5 heteroatoms. The van der Waals surface area contributed by atoms with E-state index in [1.807, 2.05) is 6.07 Å². The second kappa shape index (κ2) is 4.24. The van der Waals surface area contributed by atoms with E-state index in [9.17, 15) is 8.42 Å². The summed E-state index contributed by atoms with van der Waals surface area (Å²) in [5.74, 6) is 0.949. The van der Waals surface area contributed by atoms with Crippen molar-refractivity contribution in [3.8, 4) is 5.75 Å². The standard InChI is InChI=1S/C13H17NO3S/c1-17-10-4-5-13-11(8-10)12(14-9-2-3-9)6-7-18(13,15)16/h4-5,8-9,12,14H,2-3,6-7H2,1H3. The SMILES string of the molecule is COc1ccc2c(c1)C(NC1CC1)CCS2(=O)=O. The molecule has 0 radical (unpaired) electrons. The van der Waals surface area contributed by atoms with Crippen LogP contribution in [0.15, 0.2) is 23.1 Å². The summed E-state index contributed by atoms with van der Waals surface area (Å²) in [6.07, 6.45) is 3.05. The first-order chi connectivity index (χ1) is 8.60. The number of sulfone groups is 1. The average Bonchev–Trinajstić information content (AvgIpc) is 3.16. The van der Waals surface area contributed by atoms with Crippen LogP contribution in [0.2, 0.25) is 0 Å². The normalized spacial score (nSPS) is 25.5. The Balaban J connectivity index is 2.03. The first-order valence-corrected chi connectivity index (χ1v) is 7.92. The quantitative estimate of drug-likeness (QED) is 0.905. The fourth-order valence-electron chi connectivity index (χ4n) is 2.46. The van der Waals surface area contributed by atoms with Crippen LogP contribution in [0.1, 0.15) is 30.9 Å². The van der Waals surface area contributed by atoms with Gasteiger partial charge < -0.3 is 10.1 Å².